The number of hydrogen-bond acceptors (Lipinski definition) is 9. The van der Waals surface area contributed by atoms with Crippen molar-refractivity contribution in [3.8, 4) is 0 Å². The standard InChI is InChI=1S/C25H30N8O4S/c1-32-19(10-17(31-32)24(36)37-2)28-25-30-27-12-33(25)15-7-8-18-16(9-15)20(22(35)26-11-13-3-4-13)23(38-18)29-21(34)14-5-6-14/h10,12-15H,3-9,11H2,1-2H3,(H,26,35)(H,28,30)(H,29,34)/t15-/m0/s1. The van der Waals surface area contributed by atoms with E-state index in [4.69, 9.17) is 4.74 Å². The highest BCUT2D eigenvalue weighted by Gasteiger charge is 2.35. The molecule has 200 valence electrons. The summed E-state index contributed by atoms with van der Waals surface area (Å²) < 4.78 is 8.27. The summed E-state index contributed by atoms with van der Waals surface area (Å²) in [6.07, 6.45) is 8.01. The molecule has 3 aliphatic carbocycles. The molecule has 3 aromatic rings. The van der Waals surface area contributed by atoms with E-state index in [9.17, 15) is 14.4 Å². The van der Waals surface area contributed by atoms with Gasteiger partial charge in [-0.3, -0.25) is 18.8 Å². The molecule has 2 saturated carbocycles. The van der Waals surface area contributed by atoms with Crippen molar-refractivity contribution < 1.29 is 19.1 Å². The molecule has 0 unspecified atom stereocenters. The Bertz CT molecular complexity index is 1400. The zero-order valence-corrected chi connectivity index (χ0v) is 22.1. The summed E-state index contributed by atoms with van der Waals surface area (Å²) in [6, 6.07) is 1.60. The second-order valence-corrected chi connectivity index (χ2v) is 11.3. The lowest BCUT2D eigenvalue weighted by atomic mass is 9.91. The van der Waals surface area contributed by atoms with Crippen LogP contribution in [0.3, 0.4) is 0 Å². The molecule has 3 aliphatic rings. The quantitative estimate of drug-likeness (QED) is 0.353. The maximum absolute atomic E-state index is 13.4. The Morgan fingerprint density at radius 1 is 1.18 bits per heavy atom. The maximum Gasteiger partial charge on any atom is 0.358 e. The normalized spacial score (nSPS) is 18.5. The molecule has 6 rings (SSSR count). The van der Waals surface area contributed by atoms with Crippen LogP contribution in [0.15, 0.2) is 12.4 Å². The largest absolute Gasteiger partial charge is 0.464 e. The van der Waals surface area contributed by atoms with Gasteiger partial charge in [-0.05, 0) is 56.4 Å². The Labute approximate surface area is 223 Å². The second-order valence-electron chi connectivity index (χ2n) is 10.2. The Hall–Kier alpha value is -3.74. The minimum atomic E-state index is -0.524. The number of carbonyl (C=O) groups is 3. The summed E-state index contributed by atoms with van der Waals surface area (Å²) in [4.78, 5) is 39.0. The lowest BCUT2D eigenvalue weighted by Crippen LogP contribution is -2.28. The van der Waals surface area contributed by atoms with Crippen LogP contribution in [0.1, 0.15) is 69.4 Å². The molecule has 2 fully saturated rings. The highest BCUT2D eigenvalue weighted by molar-refractivity contribution is 7.17. The van der Waals surface area contributed by atoms with Gasteiger partial charge in [0.1, 0.15) is 17.1 Å². The number of nitrogens with one attached hydrogen (secondary N) is 3. The fraction of sp³-hybridized carbons (Fsp3) is 0.520. The number of thiophene rings is 1. The molecule has 38 heavy (non-hydrogen) atoms. The monoisotopic (exact) mass is 538 g/mol. The van der Waals surface area contributed by atoms with Gasteiger partial charge >= 0.3 is 5.97 Å². The molecule has 13 heteroatoms. The molecule has 0 bridgehead atoms. The van der Waals surface area contributed by atoms with Crippen LogP contribution in [0.25, 0.3) is 0 Å². The minimum absolute atomic E-state index is 0.00388. The van der Waals surface area contributed by atoms with Gasteiger partial charge in [0.05, 0.1) is 12.7 Å². The van der Waals surface area contributed by atoms with Crippen molar-refractivity contribution in [3.05, 3.63) is 34.1 Å². The Balaban J connectivity index is 1.25. The number of fused-ring (bicyclic) bond motifs is 1. The third kappa shape index (κ3) is 4.89. The molecular formula is C25H30N8O4S. The number of anilines is 3. The molecule has 0 aliphatic heterocycles. The summed E-state index contributed by atoms with van der Waals surface area (Å²) in [5.41, 5.74) is 1.77. The lowest BCUT2D eigenvalue weighted by molar-refractivity contribution is -0.117. The van der Waals surface area contributed by atoms with Crippen molar-refractivity contribution in [1.82, 2.24) is 29.9 Å². The Morgan fingerprint density at radius 2 is 2.00 bits per heavy atom. The Morgan fingerprint density at radius 3 is 2.74 bits per heavy atom. The molecule has 12 nitrogen and oxygen atoms in total. The molecule has 2 amide bonds. The van der Waals surface area contributed by atoms with Crippen molar-refractivity contribution in [2.75, 3.05) is 24.3 Å². The van der Waals surface area contributed by atoms with Gasteiger partial charge in [0, 0.05) is 36.5 Å². The third-order valence-corrected chi connectivity index (χ3v) is 8.58. The SMILES string of the molecule is COC(=O)c1cc(Nc2nncn2[C@H]2CCc3sc(NC(=O)C4CC4)c(C(=O)NCC4CC4)c3C2)n(C)n1. The van der Waals surface area contributed by atoms with Gasteiger partial charge in [0.2, 0.25) is 11.9 Å². The smallest absolute Gasteiger partial charge is 0.358 e. The van der Waals surface area contributed by atoms with E-state index in [1.165, 1.54) is 18.4 Å². The van der Waals surface area contributed by atoms with Crippen molar-refractivity contribution in [2.45, 2.75) is 51.0 Å². The maximum atomic E-state index is 13.4. The van der Waals surface area contributed by atoms with Gasteiger partial charge in [0.25, 0.3) is 5.91 Å². The molecule has 0 spiro atoms. The summed E-state index contributed by atoms with van der Waals surface area (Å²) in [7, 11) is 3.03. The molecule has 1 atom stereocenters. The zero-order chi connectivity index (χ0) is 26.4. The molecule has 3 N–H and O–H groups in total. The van der Waals surface area contributed by atoms with E-state index in [0.29, 0.717) is 41.2 Å². The van der Waals surface area contributed by atoms with Crippen LogP contribution in [0.5, 0.6) is 0 Å². The fourth-order valence-electron chi connectivity index (χ4n) is 4.84. The average molecular weight is 539 g/mol. The first-order chi connectivity index (χ1) is 18.4. The van der Waals surface area contributed by atoms with Crippen molar-refractivity contribution in [1.29, 1.82) is 0 Å². The first kappa shape index (κ1) is 24.6. The molecule has 3 aromatic heterocycles. The minimum Gasteiger partial charge on any atom is -0.464 e. The number of rotatable bonds is 9. The number of esters is 1. The average Bonchev–Trinajstić information content (AvgIpc) is 3.82. The fourth-order valence-corrected chi connectivity index (χ4v) is 6.08. The lowest BCUT2D eigenvalue weighted by Gasteiger charge is -2.25. The topological polar surface area (TPSA) is 145 Å². The van der Waals surface area contributed by atoms with Gasteiger partial charge in [-0.25, -0.2) is 4.79 Å². The van der Waals surface area contributed by atoms with Gasteiger partial charge in [-0.2, -0.15) is 5.10 Å². The highest BCUT2D eigenvalue weighted by Crippen LogP contribution is 2.43. The number of aryl methyl sites for hydroxylation is 2. The van der Waals surface area contributed by atoms with Crippen molar-refractivity contribution in [3.63, 3.8) is 0 Å². The van der Waals surface area contributed by atoms with Crippen LogP contribution >= 0.6 is 11.3 Å². The van der Waals surface area contributed by atoms with E-state index < -0.39 is 5.97 Å². The summed E-state index contributed by atoms with van der Waals surface area (Å²) in [5, 5.41) is 22.6. The predicted octanol–water partition coefficient (Wildman–Crippen LogP) is 2.82. The summed E-state index contributed by atoms with van der Waals surface area (Å²) >= 11 is 1.53. The third-order valence-electron chi connectivity index (χ3n) is 7.38. The number of ether oxygens (including phenoxy) is 1. The first-order valence-corrected chi connectivity index (χ1v) is 13.8. The van der Waals surface area contributed by atoms with E-state index in [1.807, 2.05) is 4.57 Å². The van der Waals surface area contributed by atoms with Gasteiger partial charge in [-0.1, -0.05) is 0 Å². The van der Waals surface area contributed by atoms with E-state index in [-0.39, 0.29) is 29.5 Å². The van der Waals surface area contributed by atoms with Crippen LogP contribution < -0.4 is 16.0 Å². The van der Waals surface area contributed by atoms with Gasteiger partial charge < -0.3 is 20.7 Å². The van der Waals surface area contributed by atoms with Crippen molar-refractivity contribution in [2.24, 2.45) is 18.9 Å². The van der Waals surface area contributed by atoms with E-state index in [1.54, 1.807) is 24.1 Å². The molecule has 0 saturated heterocycles. The van der Waals surface area contributed by atoms with E-state index >= 15 is 0 Å². The van der Waals surface area contributed by atoms with Crippen LogP contribution in [0, 0.1) is 11.8 Å². The van der Waals surface area contributed by atoms with Crippen molar-refractivity contribution >= 4 is 45.9 Å². The second kappa shape index (κ2) is 9.86. The molecule has 0 radical (unpaired) electrons. The van der Waals surface area contributed by atoms with Crippen LogP contribution in [0.2, 0.25) is 0 Å². The number of amides is 2. The summed E-state index contributed by atoms with van der Waals surface area (Å²) in [5.74, 6) is 1.05. The van der Waals surface area contributed by atoms with Crippen LogP contribution in [0.4, 0.5) is 16.8 Å². The van der Waals surface area contributed by atoms with E-state index in [0.717, 1.165) is 49.0 Å². The van der Waals surface area contributed by atoms with Crippen LogP contribution in [-0.4, -0.2) is 56.0 Å². The van der Waals surface area contributed by atoms with Gasteiger partial charge in [-0.15, -0.1) is 21.5 Å². The predicted molar refractivity (Wildman–Crippen MR) is 140 cm³/mol. The number of hydrogen-bond donors (Lipinski definition) is 3. The first-order valence-electron chi connectivity index (χ1n) is 12.9. The molecule has 3 heterocycles. The van der Waals surface area contributed by atoms with Gasteiger partial charge in [0.15, 0.2) is 5.69 Å². The Kier molecular flexibility index (Phi) is 6.38. The highest BCUT2D eigenvalue weighted by atomic mass is 32.1. The number of carbonyl (C=O) groups excluding carboxylic acids is 3. The number of aromatic nitrogens is 5. The molecule has 0 aromatic carbocycles. The number of methoxy groups -OCH3 is 1. The zero-order valence-electron chi connectivity index (χ0n) is 21.3. The summed E-state index contributed by atoms with van der Waals surface area (Å²) in [6.45, 7) is 0.667. The number of nitrogens with zero attached hydrogens (tertiary/aromatic N) is 5. The van der Waals surface area contributed by atoms with E-state index in [2.05, 4.69) is 31.2 Å². The molecular weight excluding hydrogens is 508 g/mol. The van der Waals surface area contributed by atoms with Crippen LogP contribution in [-0.2, 0) is 29.4 Å².